The summed E-state index contributed by atoms with van der Waals surface area (Å²) in [5.41, 5.74) is 6.66. The number of anilines is 1. The van der Waals surface area contributed by atoms with E-state index in [0.717, 1.165) is 33.6 Å². The maximum atomic E-state index is 12.7. The number of thioether (sulfide) groups is 1. The van der Waals surface area contributed by atoms with Crippen LogP contribution in [-0.2, 0) is 4.79 Å². The lowest BCUT2D eigenvalue weighted by Crippen LogP contribution is -2.15. The zero-order valence-corrected chi connectivity index (χ0v) is 19.9. The summed E-state index contributed by atoms with van der Waals surface area (Å²) < 4.78 is 1.90. The van der Waals surface area contributed by atoms with E-state index in [9.17, 15) is 9.90 Å². The molecule has 2 N–H and O–H groups in total. The van der Waals surface area contributed by atoms with E-state index in [1.807, 2.05) is 62.6 Å². The van der Waals surface area contributed by atoms with Crippen molar-refractivity contribution >= 4 is 23.4 Å². The number of carbonyl (C=O) groups is 1. The van der Waals surface area contributed by atoms with E-state index in [1.165, 1.54) is 11.8 Å². The highest BCUT2D eigenvalue weighted by Gasteiger charge is 2.20. The number of rotatable bonds is 6. The number of aromatic hydroxyl groups is 1. The summed E-state index contributed by atoms with van der Waals surface area (Å²) in [4.78, 5) is 12.7. The Balaban J connectivity index is 1.65. The molecule has 7 heteroatoms. The molecule has 0 aliphatic rings. The Morgan fingerprint density at radius 3 is 2.36 bits per heavy atom. The number of nitrogens with zero attached hydrogens (tertiary/aromatic N) is 3. The first kappa shape index (κ1) is 22.6. The molecule has 0 atom stereocenters. The van der Waals surface area contributed by atoms with Crippen molar-refractivity contribution in [1.29, 1.82) is 0 Å². The van der Waals surface area contributed by atoms with Crippen molar-refractivity contribution in [2.24, 2.45) is 0 Å². The minimum Gasteiger partial charge on any atom is -0.507 e. The molecule has 0 radical (unpaired) electrons. The maximum absolute atomic E-state index is 12.7. The molecule has 4 rings (SSSR count). The first-order valence-corrected chi connectivity index (χ1v) is 11.6. The van der Waals surface area contributed by atoms with Gasteiger partial charge in [0.1, 0.15) is 5.75 Å². The van der Waals surface area contributed by atoms with Crippen LogP contribution in [0.3, 0.4) is 0 Å². The third-order valence-corrected chi connectivity index (χ3v) is 6.14. The van der Waals surface area contributed by atoms with Gasteiger partial charge in [0.25, 0.3) is 0 Å². The predicted molar refractivity (Wildman–Crippen MR) is 133 cm³/mol. The van der Waals surface area contributed by atoms with E-state index in [1.54, 1.807) is 18.2 Å². The Bertz CT molecular complexity index is 1310. The van der Waals surface area contributed by atoms with Gasteiger partial charge in [-0.05, 0) is 74.7 Å². The zero-order valence-electron chi connectivity index (χ0n) is 19.1. The number of amides is 1. The van der Waals surface area contributed by atoms with Crippen LogP contribution in [0.2, 0.25) is 0 Å². The lowest BCUT2D eigenvalue weighted by atomic mass is 10.1. The van der Waals surface area contributed by atoms with Gasteiger partial charge in [0.15, 0.2) is 11.0 Å². The van der Waals surface area contributed by atoms with Crippen molar-refractivity contribution in [2.45, 2.75) is 32.9 Å². The smallest absolute Gasteiger partial charge is 0.234 e. The van der Waals surface area contributed by atoms with E-state index >= 15 is 0 Å². The minimum atomic E-state index is -0.121. The molecular formula is C26H26N4O2S. The van der Waals surface area contributed by atoms with Gasteiger partial charge < -0.3 is 10.4 Å². The normalized spacial score (nSPS) is 10.9. The summed E-state index contributed by atoms with van der Waals surface area (Å²) in [6.07, 6.45) is 0. The second-order valence-electron chi connectivity index (χ2n) is 8.16. The van der Waals surface area contributed by atoms with Gasteiger partial charge in [-0.1, -0.05) is 47.7 Å². The number of phenolic OH excluding ortho intramolecular Hbond substituents is 1. The Hall–Kier alpha value is -3.58. The van der Waals surface area contributed by atoms with Crippen molar-refractivity contribution in [3.63, 3.8) is 0 Å². The van der Waals surface area contributed by atoms with Crippen molar-refractivity contribution in [3.8, 4) is 22.8 Å². The zero-order chi connectivity index (χ0) is 23.5. The molecule has 33 heavy (non-hydrogen) atoms. The number of aromatic nitrogens is 3. The first-order chi connectivity index (χ1) is 15.8. The quantitative estimate of drug-likeness (QED) is 0.368. The van der Waals surface area contributed by atoms with E-state index < -0.39 is 0 Å². The van der Waals surface area contributed by atoms with Gasteiger partial charge in [-0.2, -0.15) is 0 Å². The predicted octanol–water partition coefficient (Wildman–Crippen LogP) is 5.60. The van der Waals surface area contributed by atoms with Gasteiger partial charge in [0.2, 0.25) is 5.91 Å². The van der Waals surface area contributed by atoms with E-state index in [-0.39, 0.29) is 17.4 Å². The summed E-state index contributed by atoms with van der Waals surface area (Å²) in [7, 11) is 0. The molecule has 3 aromatic carbocycles. The van der Waals surface area contributed by atoms with E-state index in [0.29, 0.717) is 16.5 Å². The topological polar surface area (TPSA) is 80.0 Å². The van der Waals surface area contributed by atoms with Crippen molar-refractivity contribution in [3.05, 3.63) is 82.9 Å². The van der Waals surface area contributed by atoms with Crippen LogP contribution in [0.15, 0.2) is 65.8 Å². The lowest BCUT2D eigenvalue weighted by molar-refractivity contribution is -0.113. The standard InChI is InChI=1S/C26H26N4O2S/c1-16-9-10-22(19(4)12-16)30-25(21-7-5-6-8-23(21)31)28-29-26(30)33-15-24(32)27-20-13-17(2)11-18(3)14-20/h5-14,31H,15H2,1-4H3,(H,27,32). The van der Waals surface area contributed by atoms with Crippen molar-refractivity contribution in [1.82, 2.24) is 14.8 Å². The van der Waals surface area contributed by atoms with Crippen LogP contribution in [0.1, 0.15) is 22.3 Å². The molecule has 168 valence electrons. The average molecular weight is 459 g/mol. The Morgan fingerprint density at radius 2 is 1.67 bits per heavy atom. The van der Waals surface area contributed by atoms with Gasteiger partial charge in [0, 0.05) is 5.69 Å². The second kappa shape index (κ2) is 9.50. The molecule has 0 unspecified atom stereocenters. The van der Waals surface area contributed by atoms with E-state index in [4.69, 9.17) is 0 Å². The summed E-state index contributed by atoms with van der Waals surface area (Å²) in [6, 6.07) is 19.1. The SMILES string of the molecule is Cc1cc(C)cc(NC(=O)CSc2nnc(-c3ccccc3O)n2-c2ccc(C)cc2C)c1. The molecule has 1 heterocycles. The maximum Gasteiger partial charge on any atom is 0.234 e. The molecule has 0 aliphatic heterocycles. The monoisotopic (exact) mass is 458 g/mol. The Labute approximate surface area is 197 Å². The van der Waals surface area contributed by atoms with E-state index in [2.05, 4.69) is 27.6 Å². The third kappa shape index (κ3) is 5.09. The van der Waals surface area contributed by atoms with Gasteiger partial charge >= 0.3 is 0 Å². The van der Waals surface area contributed by atoms with Gasteiger partial charge in [-0.15, -0.1) is 10.2 Å². The number of hydrogen-bond acceptors (Lipinski definition) is 5. The Kier molecular flexibility index (Phi) is 6.51. The van der Waals surface area contributed by atoms with Crippen LogP contribution < -0.4 is 5.32 Å². The van der Waals surface area contributed by atoms with Crippen LogP contribution >= 0.6 is 11.8 Å². The number of nitrogens with one attached hydrogen (secondary N) is 1. The van der Waals surface area contributed by atoms with Crippen LogP contribution in [0.25, 0.3) is 17.1 Å². The molecule has 0 spiro atoms. The molecule has 0 bridgehead atoms. The summed E-state index contributed by atoms with van der Waals surface area (Å²) in [5, 5.41) is 22.7. The molecule has 1 amide bonds. The minimum absolute atomic E-state index is 0.121. The third-order valence-electron chi connectivity index (χ3n) is 5.21. The van der Waals surface area contributed by atoms with Gasteiger partial charge in [0.05, 0.1) is 17.0 Å². The molecule has 6 nitrogen and oxygen atoms in total. The van der Waals surface area contributed by atoms with Crippen molar-refractivity contribution < 1.29 is 9.90 Å². The van der Waals surface area contributed by atoms with Gasteiger partial charge in [-0.25, -0.2) is 0 Å². The number of phenols is 1. The Morgan fingerprint density at radius 1 is 0.939 bits per heavy atom. The second-order valence-corrected chi connectivity index (χ2v) is 9.10. The highest BCUT2D eigenvalue weighted by atomic mass is 32.2. The molecule has 4 aromatic rings. The number of hydrogen-bond donors (Lipinski definition) is 2. The van der Waals surface area contributed by atoms with Crippen LogP contribution in [0, 0.1) is 27.7 Å². The van der Waals surface area contributed by atoms with Crippen LogP contribution in [0.5, 0.6) is 5.75 Å². The summed E-state index contributed by atoms with van der Waals surface area (Å²) in [5.74, 6) is 0.707. The molecular weight excluding hydrogens is 432 g/mol. The number of benzene rings is 3. The fourth-order valence-electron chi connectivity index (χ4n) is 3.85. The van der Waals surface area contributed by atoms with Crippen LogP contribution in [0.4, 0.5) is 5.69 Å². The number of carbonyl (C=O) groups excluding carboxylic acids is 1. The number of para-hydroxylation sites is 1. The largest absolute Gasteiger partial charge is 0.507 e. The molecule has 0 fully saturated rings. The highest BCUT2D eigenvalue weighted by Crippen LogP contribution is 2.33. The lowest BCUT2D eigenvalue weighted by Gasteiger charge is -2.14. The number of aryl methyl sites for hydroxylation is 4. The summed E-state index contributed by atoms with van der Waals surface area (Å²) >= 11 is 1.31. The molecule has 0 saturated carbocycles. The molecule has 0 saturated heterocycles. The molecule has 1 aromatic heterocycles. The fraction of sp³-hybridized carbons (Fsp3) is 0.192. The van der Waals surface area contributed by atoms with Gasteiger partial charge in [-0.3, -0.25) is 9.36 Å². The van der Waals surface area contributed by atoms with Crippen LogP contribution in [-0.4, -0.2) is 31.5 Å². The summed E-state index contributed by atoms with van der Waals surface area (Å²) in [6.45, 7) is 8.08. The van der Waals surface area contributed by atoms with Crippen molar-refractivity contribution in [2.75, 3.05) is 11.1 Å². The fourth-order valence-corrected chi connectivity index (χ4v) is 4.59. The molecule has 0 aliphatic carbocycles. The average Bonchev–Trinajstić information content (AvgIpc) is 3.15. The first-order valence-electron chi connectivity index (χ1n) is 10.6. The highest BCUT2D eigenvalue weighted by molar-refractivity contribution is 7.99.